The molecule has 8 rings (SSSR count). The van der Waals surface area contributed by atoms with Crippen LogP contribution in [0.1, 0.15) is 0 Å². The van der Waals surface area contributed by atoms with E-state index in [0.717, 1.165) is 37.5 Å². The molecule has 0 saturated heterocycles. The Balaban J connectivity index is 1.28. The van der Waals surface area contributed by atoms with E-state index >= 15 is 0 Å². The van der Waals surface area contributed by atoms with Gasteiger partial charge in [-0.25, -0.2) is 19.9 Å². The van der Waals surface area contributed by atoms with Crippen molar-refractivity contribution in [2.75, 3.05) is 0 Å². The summed E-state index contributed by atoms with van der Waals surface area (Å²) in [5, 5.41) is 5.93. The molecule has 0 N–H and O–H groups in total. The van der Waals surface area contributed by atoms with Gasteiger partial charge in [-0.05, 0) is 45.8 Å². The first kappa shape index (κ1) is 23.6. The lowest BCUT2D eigenvalue weighted by atomic mass is 9.97. The highest BCUT2D eigenvalue weighted by Crippen LogP contribution is 2.39. The van der Waals surface area contributed by atoms with Crippen LogP contribution >= 0.6 is 11.3 Å². The standard InChI is InChI=1S/C36H22N4S/c1-3-11-23(12-4-1)33-38-34(24-13-5-2-6-14-24)40-35(39-33)26-19-20-31-32(22-26)41-36(37-31)30-21-25-15-7-8-16-27(25)28-17-9-10-18-29(28)30/h1-22H. The Morgan fingerprint density at radius 2 is 0.976 bits per heavy atom. The molecule has 0 atom stereocenters. The first-order valence-electron chi connectivity index (χ1n) is 13.5. The van der Waals surface area contributed by atoms with Gasteiger partial charge in [0, 0.05) is 22.3 Å². The van der Waals surface area contributed by atoms with Gasteiger partial charge in [-0.15, -0.1) is 11.3 Å². The van der Waals surface area contributed by atoms with Crippen molar-refractivity contribution in [3.63, 3.8) is 0 Å². The maximum absolute atomic E-state index is 5.07. The number of fused-ring (bicyclic) bond motifs is 4. The Morgan fingerprint density at radius 1 is 0.415 bits per heavy atom. The van der Waals surface area contributed by atoms with Crippen LogP contribution in [0.4, 0.5) is 0 Å². The lowest BCUT2D eigenvalue weighted by molar-refractivity contribution is 1.07. The van der Waals surface area contributed by atoms with Gasteiger partial charge in [0.05, 0.1) is 10.2 Å². The second kappa shape index (κ2) is 9.73. The van der Waals surface area contributed by atoms with Crippen molar-refractivity contribution in [3.05, 3.63) is 133 Å². The molecule has 5 heteroatoms. The van der Waals surface area contributed by atoms with E-state index in [1.165, 1.54) is 21.5 Å². The average molecular weight is 543 g/mol. The van der Waals surface area contributed by atoms with Crippen LogP contribution in [0.15, 0.2) is 133 Å². The third-order valence-electron chi connectivity index (χ3n) is 7.34. The first-order valence-corrected chi connectivity index (χ1v) is 14.3. The van der Waals surface area contributed by atoms with Gasteiger partial charge in [0.2, 0.25) is 0 Å². The van der Waals surface area contributed by atoms with Crippen LogP contribution in [-0.2, 0) is 0 Å². The summed E-state index contributed by atoms with van der Waals surface area (Å²) in [5.74, 6) is 1.95. The lowest BCUT2D eigenvalue weighted by Crippen LogP contribution is -1.99. The quantitative estimate of drug-likeness (QED) is 0.208. The summed E-state index contributed by atoms with van der Waals surface area (Å²) in [6.07, 6.45) is 0. The third-order valence-corrected chi connectivity index (χ3v) is 8.40. The van der Waals surface area contributed by atoms with Gasteiger partial charge in [0.25, 0.3) is 0 Å². The van der Waals surface area contributed by atoms with Crippen LogP contribution in [0, 0.1) is 0 Å². The molecule has 0 aliphatic heterocycles. The van der Waals surface area contributed by atoms with Gasteiger partial charge in [0.15, 0.2) is 17.5 Å². The highest BCUT2D eigenvalue weighted by Gasteiger charge is 2.16. The van der Waals surface area contributed by atoms with Crippen molar-refractivity contribution in [2.24, 2.45) is 0 Å². The van der Waals surface area contributed by atoms with E-state index in [1.807, 2.05) is 60.7 Å². The molecule has 0 spiro atoms. The zero-order valence-corrected chi connectivity index (χ0v) is 22.7. The summed E-state index contributed by atoms with van der Waals surface area (Å²) >= 11 is 1.70. The van der Waals surface area contributed by atoms with Gasteiger partial charge in [-0.2, -0.15) is 0 Å². The van der Waals surface area contributed by atoms with Crippen molar-refractivity contribution in [3.8, 4) is 44.7 Å². The molecular formula is C36H22N4S. The van der Waals surface area contributed by atoms with Crippen LogP contribution in [0.3, 0.4) is 0 Å². The Bertz CT molecular complexity index is 2150. The molecule has 6 aromatic carbocycles. The highest BCUT2D eigenvalue weighted by molar-refractivity contribution is 7.21. The lowest BCUT2D eigenvalue weighted by Gasteiger charge is -2.08. The Labute approximate surface area is 240 Å². The largest absolute Gasteiger partial charge is 0.236 e. The number of thiazole rings is 1. The molecule has 2 heterocycles. The summed E-state index contributed by atoms with van der Waals surface area (Å²) in [6, 6.07) is 45.8. The fourth-order valence-electron chi connectivity index (χ4n) is 5.35. The van der Waals surface area contributed by atoms with Crippen LogP contribution in [0.5, 0.6) is 0 Å². The number of nitrogens with zero attached hydrogens (tertiary/aromatic N) is 4. The predicted molar refractivity (Wildman–Crippen MR) is 170 cm³/mol. The van der Waals surface area contributed by atoms with Crippen LogP contribution in [-0.4, -0.2) is 19.9 Å². The molecule has 0 bridgehead atoms. The van der Waals surface area contributed by atoms with Gasteiger partial charge in [-0.3, -0.25) is 0 Å². The van der Waals surface area contributed by atoms with Crippen molar-refractivity contribution in [2.45, 2.75) is 0 Å². The maximum Gasteiger partial charge on any atom is 0.164 e. The second-order valence-electron chi connectivity index (χ2n) is 9.93. The number of hydrogen-bond acceptors (Lipinski definition) is 5. The molecule has 0 unspecified atom stereocenters. The van der Waals surface area contributed by atoms with E-state index in [-0.39, 0.29) is 0 Å². The van der Waals surface area contributed by atoms with E-state index in [9.17, 15) is 0 Å². The van der Waals surface area contributed by atoms with Crippen molar-refractivity contribution < 1.29 is 0 Å². The average Bonchev–Trinajstić information content (AvgIpc) is 3.48. The Kier molecular flexibility index (Phi) is 5.61. The van der Waals surface area contributed by atoms with E-state index in [2.05, 4.69) is 72.8 Å². The first-order chi connectivity index (χ1) is 20.3. The Hall–Kier alpha value is -5.26. The fourth-order valence-corrected chi connectivity index (χ4v) is 6.38. The molecule has 8 aromatic rings. The van der Waals surface area contributed by atoms with E-state index < -0.39 is 0 Å². The summed E-state index contributed by atoms with van der Waals surface area (Å²) in [5.41, 5.74) is 4.97. The minimum absolute atomic E-state index is 0.644. The normalized spacial score (nSPS) is 11.4. The molecule has 0 aliphatic carbocycles. The molecule has 41 heavy (non-hydrogen) atoms. The highest BCUT2D eigenvalue weighted by atomic mass is 32.1. The monoisotopic (exact) mass is 542 g/mol. The molecule has 0 fully saturated rings. The van der Waals surface area contributed by atoms with Gasteiger partial charge < -0.3 is 0 Å². The van der Waals surface area contributed by atoms with Gasteiger partial charge in [-0.1, -0.05) is 109 Å². The minimum Gasteiger partial charge on any atom is -0.236 e. The molecule has 4 nitrogen and oxygen atoms in total. The van der Waals surface area contributed by atoms with Crippen LogP contribution in [0.2, 0.25) is 0 Å². The zero-order valence-electron chi connectivity index (χ0n) is 21.9. The minimum atomic E-state index is 0.644. The summed E-state index contributed by atoms with van der Waals surface area (Å²) in [4.78, 5) is 19.7. The molecule has 0 saturated carbocycles. The van der Waals surface area contributed by atoms with E-state index in [4.69, 9.17) is 19.9 Å². The van der Waals surface area contributed by atoms with Gasteiger partial charge >= 0.3 is 0 Å². The summed E-state index contributed by atoms with van der Waals surface area (Å²) in [6.45, 7) is 0. The molecule has 2 aromatic heterocycles. The smallest absolute Gasteiger partial charge is 0.164 e. The SMILES string of the molecule is c1ccc(-c2nc(-c3ccccc3)nc(-c3ccc4nc(-c5cc6ccccc6c6ccccc56)sc4c3)n2)cc1. The third kappa shape index (κ3) is 4.24. The molecular weight excluding hydrogens is 520 g/mol. The topological polar surface area (TPSA) is 51.6 Å². The summed E-state index contributed by atoms with van der Waals surface area (Å²) < 4.78 is 1.10. The molecule has 192 valence electrons. The predicted octanol–water partition coefficient (Wildman–Crippen LogP) is 9.46. The van der Waals surface area contributed by atoms with Crippen molar-refractivity contribution in [1.82, 2.24) is 19.9 Å². The molecule has 0 amide bonds. The number of benzene rings is 6. The van der Waals surface area contributed by atoms with Crippen LogP contribution < -0.4 is 0 Å². The summed E-state index contributed by atoms with van der Waals surface area (Å²) in [7, 11) is 0. The maximum atomic E-state index is 5.07. The van der Waals surface area contributed by atoms with Gasteiger partial charge in [0.1, 0.15) is 5.01 Å². The number of hydrogen-bond donors (Lipinski definition) is 0. The fraction of sp³-hybridized carbons (Fsp3) is 0. The van der Waals surface area contributed by atoms with Crippen molar-refractivity contribution in [1.29, 1.82) is 0 Å². The van der Waals surface area contributed by atoms with E-state index in [1.54, 1.807) is 11.3 Å². The number of rotatable bonds is 4. The zero-order chi connectivity index (χ0) is 27.2. The van der Waals surface area contributed by atoms with Crippen molar-refractivity contribution >= 4 is 43.1 Å². The van der Waals surface area contributed by atoms with Crippen LogP contribution in [0.25, 0.3) is 76.5 Å². The molecule has 0 radical (unpaired) electrons. The number of aromatic nitrogens is 4. The molecule has 0 aliphatic rings. The van der Waals surface area contributed by atoms with E-state index in [0.29, 0.717) is 17.5 Å². The Morgan fingerprint density at radius 3 is 1.66 bits per heavy atom. The second-order valence-corrected chi connectivity index (χ2v) is 11.0.